The van der Waals surface area contributed by atoms with Crippen LogP contribution in [0.15, 0.2) is 34.8 Å². The summed E-state index contributed by atoms with van der Waals surface area (Å²) in [5.41, 5.74) is 2.07. The van der Waals surface area contributed by atoms with E-state index >= 15 is 0 Å². The minimum absolute atomic E-state index is 0.0112. The van der Waals surface area contributed by atoms with Gasteiger partial charge in [-0.15, -0.1) is 0 Å². The molecule has 0 aliphatic rings. The van der Waals surface area contributed by atoms with Crippen molar-refractivity contribution < 1.29 is 9.50 Å². The van der Waals surface area contributed by atoms with E-state index in [4.69, 9.17) is 5.26 Å². The number of halogens is 2. The molecule has 0 saturated carbocycles. The van der Waals surface area contributed by atoms with Gasteiger partial charge in [0.2, 0.25) is 0 Å². The molecule has 2 rings (SSSR count). The number of nitrogens with zero attached hydrogens (tertiary/aromatic N) is 1. The van der Waals surface area contributed by atoms with Gasteiger partial charge in [0.15, 0.2) is 0 Å². The minimum atomic E-state index is -0.387. The molecule has 0 heterocycles. The lowest BCUT2D eigenvalue weighted by Crippen LogP contribution is -1.89. The van der Waals surface area contributed by atoms with Gasteiger partial charge in [-0.1, -0.05) is 12.1 Å². The van der Waals surface area contributed by atoms with Gasteiger partial charge >= 0.3 is 0 Å². The van der Waals surface area contributed by atoms with Gasteiger partial charge in [0, 0.05) is 5.56 Å². The van der Waals surface area contributed by atoms with Crippen LogP contribution in [0.2, 0.25) is 0 Å². The molecule has 2 aromatic rings. The Bertz CT molecular complexity index is 662. The molecule has 18 heavy (non-hydrogen) atoms. The maximum atomic E-state index is 13.2. The molecule has 0 spiro atoms. The third-order valence-corrected chi connectivity index (χ3v) is 3.71. The molecule has 0 amide bonds. The molecule has 0 atom stereocenters. The lowest BCUT2D eigenvalue weighted by Gasteiger charge is -2.10. The van der Waals surface area contributed by atoms with Crippen molar-refractivity contribution >= 4 is 15.9 Å². The van der Waals surface area contributed by atoms with Crippen LogP contribution in [0.3, 0.4) is 0 Å². The average Bonchev–Trinajstić information content (AvgIpc) is 2.36. The lowest BCUT2D eigenvalue weighted by molar-refractivity contribution is 0.473. The standard InChI is InChI=1S/C14H9BrFNO/c1-8-10(7-17)6-12(14(18)13(8)15)9-3-2-4-11(16)5-9/h2-6,18H,1H3. The van der Waals surface area contributed by atoms with Crippen molar-refractivity contribution in [2.75, 3.05) is 0 Å². The van der Waals surface area contributed by atoms with Crippen molar-refractivity contribution in [3.8, 4) is 22.9 Å². The smallest absolute Gasteiger partial charge is 0.137 e. The van der Waals surface area contributed by atoms with Gasteiger partial charge in [-0.05, 0) is 52.2 Å². The minimum Gasteiger partial charge on any atom is -0.506 e. The first-order valence-corrected chi connectivity index (χ1v) is 6.02. The second-order valence-electron chi connectivity index (χ2n) is 3.88. The molecule has 2 nitrogen and oxygen atoms in total. The first-order chi connectivity index (χ1) is 8.54. The van der Waals surface area contributed by atoms with E-state index in [-0.39, 0.29) is 11.6 Å². The molecule has 0 aliphatic carbocycles. The Kier molecular flexibility index (Phi) is 3.35. The zero-order valence-electron chi connectivity index (χ0n) is 9.54. The number of aromatic hydroxyl groups is 1. The number of rotatable bonds is 1. The van der Waals surface area contributed by atoms with Gasteiger partial charge in [0.05, 0.1) is 16.1 Å². The molecule has 0 aromatic heterocycles. The van der Waals surface area contributed by atoms with Gasteiger partial charge in [0.25, 0.3) is 0 Å². The van der Waals surface area contributed by atoms with Gasteiger partial charge < -0.3 is 5.11 Å². The zero-order valence-corrected chi connectivity index (χ0v) is 11.1. The molecular formula is C14H9BrFNO. The maximum Gasteiger partial charge on any atom is 0.137 e. The van der Waals surface area contributed by atoms with E-state index in [2.05, 4.69) is 22.0 Å². The molecule has 90 valence electrons. The summed E-state index contributed by atoms with van der Waals surface area (Å²) in [5, 5.41) is 19.1. The van der Waals surface area contributed by atoms with E-state index in [1.165, 1.54) is 12.1 Å². The summed E-state index contributed by atoms with van der Waals surface area (Å²) < 4.78 is 13.6. The Morgan fingerprint density at radius 2 is 2.06 bits per heavy atom. The molecule has 0 fully saturated rings. The van der Waals surface area contributed by atoms with Crippen LogP contribution >= 0.6 is 15.9 Å². The number of phenols is 1. The fourth-order valence-electron chi connectivity index (χ4n) is 1.73. The molecular weight excluding hydrogens is 297 g/mol. The van der Waals surface area contributed by atoms with Crippen molar-refractivity contribution in [2.45, 2.75) is 6.92 Å². The number of nitriles is 1. The Morgan fingerprint density at radius 3 is 2.67 bits per heavy atom. The van der Waals surface area contributed by atoms with Crippen LogP contribution in [0.1, 0.15) is 11.1 Å². The summed E-state index contributed by atoms with van der Waals surface area (Å²) in [6.45, 7) is 1.73. The Hall–Kier alpha value is -1.86. The van der Waals surface area contributed by atoms with Crippen LogP contribution in [0, 0.1) is 24.1 Å². The van der Waals surface area contributed by atoms with Crippen LogP contribution in [0.5, 0.6) is 5.75 Å². The van der Waals surface area contributed by atoms with Crippen molar-refractivity contribution in [3.05, 3.63) is 51.7 Å². The fraction of sp³-hybridized carbons (Fsp3) is 0.0714. The summed E-state index contributed by atoms with van der Waals surface area (Å²) in [4.78, 5) is 0. The predicted octanol–water partition coefficient (Wildman–Crippen LogP) is 4.14. The number of hydrogen-bond donors (Lipinski definition) is 1. The fourth-order valence-corrected chi connectivity index (χ4v) is 2.15. The molecule has 1 N–H and O–H groups in total. The molecule has 0 bridgehead atoms. The third kappa shape index (κ3) is 2.09. The summed E-state index contributed by atoms with van der Waals surface area (Å²) in [6.07, 6.45) is 0. The Morgan fingerprint density at radius 1 is 1.33 bits per heavy atom. The van der Waals surface area contributed by atoms with Crippen molar-refractivity contribution in [1.29, 1.82) is 5.26 Å². The molecule has 0 aliphatic heterocycles. The maximum absolute atomic E-state index is 13.2. The zero-order chi connectivity index (χ0) is 13.3. The highest BCUT2D eigenvalue weighted by molar-refractivity contribution is 9.10. The summed E-state index contributed by atoms with van der Waals surface area (Å²) in [6, 6.07) is 9.50. The first kappa shape index (κ1) is 12.6. The SMILES string of the molecule is Cc1c(C#N)cc(-c2cccc(F)c2)c(O)c1Br. The van der Waals surface area contributed by atoms with Crippen LogP contribution in [-0.2, 0) is 0 Å². The molecule has 0 radical (unpaired) electrons. The topological polar surface area (TPSA) is 44.0 Å². The van der Waals surface area contributed by atoms with Crippen LogP contribution in [0.4, 0.5) is 4.39 Å². The summed E-state index contributed by atoms with van der Waals surface area (Å²) >= 11 is 3.24. The van der Waals surface area contributed by atoms with E-state index in [1.807, 2.05) is 0 Å². The van der Waals surface area contributed by atoms with E-state index in [0.29, 0.717) is 26.7 Å². The normalized spacial score (nSPS) is 10.1. The monoisotopic (exact) mass is 305 g/mol. The second-order valence-corrected chi connectivity index (χ2v) is 4.67. The van der Waals surface area contributed by atoms with Crippen LogP contribution < -0.4 is 0 Å². The summed E-state index contributed by atoms with van der Waals surface area (Å²) in [7, 11) is 0. The van der Waals surface area contributed by atoms with Gasteiger partial charge in [-0.2, -0.15) is 5.26 Å². The quantitative estimate of drug-likeness (QED) is 0.860. The highest BCUT2D eigenvalue weighted by atomic mass is 79.9. The Balaban J connectivity index is 2.73. The van der Waals surface area contributed by atoms with E-state index in [9.17, 15) is 9.50 Å². The van der Waals surface area contributed by atoms with Crippen molar-refractivity contribution in [2.24, 2.45) is 0 Å². The molecule has 2 aromatic carbocycles. The third-order valence-electron chi connectivity index (χ3n) is 2.74. The van der Waals surface area contributed by atoms with Gasteiger partial charge in [0.1, 0.15) is 11.6 Å². The first-order valence-electron chi connectivity index (χ1n) is 5.22. The highest BCUT2D eigenvalue weighted by Crippen LogP contribution is 2.39. The van der Waals surface area contributed by atoms with Crippen LogP contribution in [0.25, 0.3) is 11.1 Å². The van der Waals surface area contributed by atoms with E-state index < -0.39 is 0 Å². The number of benzene rings is 2. The van der Waals surface area contributed by atoms with Gasteiger partial charge in [-0.3, -0.25) is 0 Å². The van der Waals surface area contributed by atoms with Gasteiger partial charge in [-0.25, -0.2) is 4.39 Å². The summed E-state index contributed by atoms with van der Waals surface area (Å²) in [5.74, 6) is -0.376. The van der Waals surface area contributed by atoms with Crippen LogP contribution in [-0.4, -0.2) is 5.11 Å². The number of phenolic OH excluding ortho intramolecular Hbond substituents is 1. The molecule has 0 saturated heterocycles. The van der Waals surface area contributed by atoms with E-state index in [1.54, 1.807) is 25.1 Å². The molecule has 0 unspecified atom stereocenters. The highest BCUT2D eigenvalue weighted by Gasteiger charge is 2.14. The average molecular weight is 306 g/mol. The second kappa shape index (κ2) is 4.79. The van der Waals surface area contributed by atoms with Crippen molar-refractivity contribution in [3.63, 3.8) is 0 Å². The van der Waals surface area contributed by atoms with Crippen molar-refractivity contribution in [1.82, 2.24) is 0 Å². The Labute approximate surface area is 112 Å². The lowest BCUT2D eigenvalue weighted by atomic mass is 9.99. The largest absolute Gasteiger partial charge is 0.506 e. The molecule has 4 heteroatoms. The number of hydrogen-bond acceptors (Lipinski definition) is 2. The van der Waals surface area contributed by atoms with E-state index in [0.717, 1.165) is 0 Å². The predicted molar refractivity (Wildman–Crippen MR) is 70.7 cm³/mol.